The summed E-state index contributed by atoms with van der Waals surface area (Å²) in [4.78, 5) is 24.2. The fraction of sp³-hybridized carbons (Fsp3) is 0.333. The number of carboxylic acid groups (broad SMARTS) is 1. The summed E-state index contributed by atoms with van der Waals surface area (Å²) in [7, 11) is 0. The molecule has 0 unspecified atom stereocenters. The quantitative estimate of drug-likeness (QED) is 0.260. The minimum atomic E-state index is -0.999. The number of fused-ring (bicyclic) bond motifs is 1. The molecule has 0 aliphatic heterocycles. The summed E-state index contributed by atoms with van der Waals surface area (Å²) in [6.07, 6.45) is -0.905. The number of ether oxygens (including phenoxy) is 1. The number of hydrogen-bond acceptors (Lipinski definition) is 3. The van der Waals surface area contributed by atoms with Crippen LogP contribution in [0.25, 0.3) is 10.9 Å². The second-order valence-electron chi connectivity index (χ2n) is 11.3. The van der Waals surface area contributed by atoms with Gasteiger partial charge in [0.2, 0.25) is 0 Å². The van der Waals surface area contributed by atoms with Gasteiger partial charge >= 0.3 is 5.97 Å². The third kappa shape index (κ3) is 6.17. The average Bonchev–Trinajstić information content (AvgIpc) is 3.13. The van der Waals surface area contributed by atoms with E-state index in [9.17, 15) is 9.59 Å². The summed E-state index contributed by atoms with van der Waals surface area (Å²) in [5.74, 6) is -0.574. The number of aromatic nitrogens is 1. The molecule has 0 saturated heterocycles. The number of carboxylic acids is 1. The van der Waals surface area contributed by atoms with E-state index in [4.69, 9.17) is 9.84 Å². The largest absolute Gasteiger partial charge is 0.479 e. The van der Waals surface area contributed by atoms with Crippen molar-refractivity contribution >= 4 is 22.8 Å². The van der Waals surface area contributed by atoms with Crippen molar-refractivity contribution in [3.05, 3.63) is 100 Å². The summed E-state index contributed by atoms with van der Waals surface area (Å²) >= 11 is 0. The van der Waals surface area contributed by atoms with Gasteiger partial charge in [0.05, 0.1) is 6.04 Å². The molecule has 1 aromatic heterocycles. The Balaban J connectivity index is 1.51. The standard InChI is InChI=1S/C33H38N2O4/c1-20-22(3)35(19-24-8-15-28(16-9-24)39-23(4)32(37)38)30-17-12-26(18-29(20)30)31(36)34-21(2)25-10-13-27(14-11-25)33(5,6)7/h8-18,21,23H,19H2,1-7H3,(H,34,36)(H,37,38)/t21-,23-/m0/s1. The fourth-order valence-corrected chi connectivity index (χ4v) is 4.74. The molecule has 4 aromatic rings. The van der Waals surface area contributed by atoms with Crippen LogP contribution in [0.1, 0.15) is 79.0 Å². The van der Waals surface area contributed by atoms with Gasteiger partial charge in [-0.05, 0) is 85.7 Å². The SMILES string of the molecule is Cc1c(C)n(Cc2ccc(O[C@@H](C)C(=O)O)cc2)c2ccc(C(=O)N[C@@H](C)c3ccc(C(C)(C)C)cc3)cc12. The molecule has 39 heavy (non-hydrogen) atoms. The lowest BCUT2D eigenvalue weighted by molar-refractivity contribution is -0.144. The number of carbonyl (C=O) groups is 2. The molecule has 3 aromatic carbocycles. The Morgan fingerprint density at radius 2 is 1.59 bits per heavy atom. The number of benzene rings is 3. The summed E-state index contributed by atoms with van der Waals surface area (Å²) in [5, 5.41) is 13.3. The van der Waals surface area contributed by atoms with Crippen LogP contribution in [0.2, 0.25) is 0 Å². The topological polar surface area (TPSA) is 80.6 Å². The number of nitrogens with zero attached hydrogens (tertiary/aromatic N) is 1. The van der Waals surface area contributed by atoms with Crippen LogP contribution in [0.15, 0.2) is 66.7 Å². The number of hydrogen-bond donors (Lipinski definition) is 2. The molecule has 2 N–H and O–H groups in total. The Morgan fingerprint density at radius 3 is 2.18 bits per heavy atom. The molecule has 0 fully saturated rings. The number of aliphatic carboxylic acids is 1. The first kappa shape index (κ1) is 28.0. The Morgan fingerprint density at radius 1 is 0.949 bits per heavy atom. The maximum absolute atomic E-state index is 13.2. The molecular weight excluding hydrogens is 488 g/mol. The lowest BCUT2D eigenvalue weighted by Crippen LogP contribution is -2.26. The number of aryl methyl sites for hydroxylation is 1. The van der Waals surface area contributed by atoms with Gasteiger partial charge in [-0.1, -0.05) is 57.2 Å². The highest BCUT2D eigenvalue weighted by Gasteiger charge is 2.18. The maximum atomic E-state index is 13.2. The third-order valence-electron chi connectivity index (χ3n) is 7.45. The van der Waals surface area contributed by atoms with Crippen molar-refractivity contribution in [3.8, 4) is 5.75 Å². The second-order valence-corrected chi connectivity index (χ2v) is 11.3. The van der Waals surface area contributed by atoms with Crippen molar-refractivity contribution in [3.63, 3.8) is 0 Å². The van der Waals surface area contributed by atoms with Gasteiger partial charge in [-0.2, -0.15) is 0 Å². The predicted molar refractivity (Wildman–Crippen MR) is 156 cm³/mol. The van der Waals surface area contributed by atoms with Crippen LogP contribution in [-0.2, 0) is 16.8 Å². The zero-order chi connectivity index (χ0) is 28.5. The van der Waals surface area contributed by atoms with E-state index in [0.717, 1.165) is 33.3 Å². The van der Waals surface area contributed by atoms with Crippen molar-refractivity contribution in [2.75, 3.05) is 0 Å². The van der Waals surface area contributed by atoms with Crippen molar-refractivity contribution in [1.29, 1.82) is 0 Å². The van der Waals surface area contributed by atoms with Gasteiger partial charge in [-0.15, -0.1) is 0 Å². The molecule has 1 heterocycles. The zero-order valence-corrected chi connectivity index (χ0v) is 23.8. The molecule has 2 atom stereocenters. The van der Waals surface area contributed by atoms with Gasteiger partial charge in [0.25, 0.3) is 5.91 Å². The molecule has 204 valence electrons. The first-order chi connectivity index (χ1) is 18.3. The minimum absolute atomic E-state index is 0.0886. The molecule has 4 rings (SSSR count). The Bertz CT molecular complexity index is 1490. The smallest absolute Gasteiger partial charge is 0.344 e. The summed E-state index contributed by atoms with van der Waals surface area (Å²) in [6, 6.07) is 21.7. The van der Waals surface area contributed by atoms with Gasteiger partial charge in [0, 0.05) is 28.7 Å². The van der Waals surface area contributed by atoms with Gasteiger partial charge in [-0.3, -0.25) is 4.79 Å². The average molecular weight is 527 g/mol. The second kappa shape index (κ2) is 11.0. The van der Waals surface area contributed by atoms with Crippen LogP contribution >= 0.6 is 0 Å². The summed E-state index contributed by atoms with van der Waals surface area (Å²) in [6.45, 7) is 14.9. The van der Waals surface area contributed by atoms with Crippen LogP contribution in [0.3, 0.4) is 0 Å². The van der Waals surface area contributed by atoms with Crippen LogP contribution in [0.4, 0.5) is 0 Å². The van der Waals surface area contributed by atoms with Crippen molar-refractivity contribution < 1.29 is 19.4 Å². The highest BCUT2D eigenvalue weighted by atomic mass is 16.5. The van der Waals surface area contributed by atoms with E-state index < -0.39 is 12.1 Å². The molecule has 6 heteroatoms. The van der Waals surface area contributed by atoms with E-state index in [-0.39, 0.29) is 17.4 Å². The zero-order valence-electron chi connectivity index (χ0n) is 23.8. The van der Waals surface area contributed by atoms with Crippen LogP contribution in [0.5, 0.6) is 5.75 Å². The van der Waals surface area contributed by atoms with Crippen LogP contribution in [-0.4, -0.2) is 27.7 Å². The number of rotatable bonds is 8. The Hall–Kier alpha value is -4.06. The van der Waals surface area contributed by atoms with Gasteiger partial charge < -0.3 is 19.7 Å². The monoisotopic (exact) mass is 526 g/mol. The highest BCUT2D eigenvalue weighted by Crippen LogP contribution is 2.28. The number of carbonyl (C=O) groups excluding carboxylic acids is 1. The number of nitrogens with one attached hydrogen (secondary N) is 1. The normalized spacial score (nSPS) is 13.2. The minimum Gasteiger partial charge on any atom is -0.479 e. The molecule has 0 bridgehead atoms. The van der Waals surface area contributed by atoms with E-state index in [1.807, 2.05) is 37.3 Å². The molecular formula is C33H38N2O4. The van der Waals surface area contributed by atoms with E-state index in [2.05, 4.69) is 68.8 Å². The fourth-order valence-electron chi connectivity index (χ4n) is 4.74. The lowest BCUT2D eigenvalue weighted by atomic mass is 9.86. The van der Waals surface area contributed by atoms with Gasteiger partial charge in [0.15, 0.2) is 6.10 Å². The molecule has 0 radical (unpaired) electrons. The van der Waals surface area contributed by atoms with E-state index in [1.165, 1.54) is 12.5 Å². The van der Waals surface area contributed by atoms with Gasteiger partial charge in [-0.25, -0.2) is 4.79 Å². The number of amides is 1. The van der Waals surface area contributed by atoms with Crippen molar-refractivity contribution in [2.24, 2.45) is 0 Å². The molecule has 0 saturated carbocycles. The van der Waals surface area contributed by atoms with E-state index >= 15 is 0 Å². The Kier molecular flexibility index (Phi) is 7.86. The van der Waals surface area contributed by atoms with E-state index in [1.54, 1.807) is 12.1 Å². The molecule has 0 aliphatic rings. The first-order valence-corrected chi connectivity index (χ1v) is 13.3. The summed E-state index contributed by atoms with van der Waals surface area (Å²) in [5.41, 5.74) is 7.47. The van der Waals surface area contributed by atoms with E-state index in [0.29, 0.717) is 17.9 Å². The lowest BCUT2D eigenvalue weighted by Gasteiger charge is -2.21. The van der Waals surface area contributed by atoms with Crippen molar-refractivity contribution in [2.45, 2.75) is 72.6 Å². The predicted octanol–water partition coefficient (Wildman–Crippen LogP) is 6.95. The van der Waals surface area contributed by atoms with Crippen molar-refractivity contribution in [1.82, 2.24) is 9.88 Å². The molecule has 0 spiro atoms. The molecule has 0 aliphatic carbocycles. The molecule has 6 nitrogen and oxygen atoms in total. The Labute approximate surface area is 230 Å². The van der Waals surface area contributed by atoms with Crippen LogP contribution < -0.4 is 10.1 Å². The van der Waals surface area contributed by atoms with Gasteiger partial charge in [0.1, 0.15) is 5.75 Å². The summed E-state index contributed by atoms with van der Waals surface area (Å²) < 4.78 is 7.68. The molecule has 1 amide bonds. The maximum Gasteiger partial charge on any atom is 0.344 e. The third-order valence-corrected chi connectivity index (χ3v) is 7.45. The highest BCUT2D eigenvalue weighted by molar-refractivity contribution is 5.99. The van der Waals surface area contributed by atoms with Crippen LogP contribution in [0, 0.1) is 13.8 Å². The first-order valence-electron chi connectivity index (χ1n) is 13.3.